The zero-order chi connectivity index (χ0) is 15.6. The highest BCUT2D eigenvalue weighted by molar-refractivity contribution is 5.94. The number of hydrogen-bond donors (Lipinski definition) is 1. The highest BCUT2D eigenvalue weighted by Crippen LogP contribution is 2.32. The summed E-state index contributed by atoms with van der Waals surface area (Å²) in [5.41, 5.74) is -1.92. The lowest BCUT2D eigenvalue weighted by Gasteiger charge is -2.32. The van der Waals surface area contributed by atoms with Crippen LogP contribution in [0, 0.1) is 5.82 Å². The first-order valence-corrected chi connectivity index (χ1v) is 6.67. The molecule has 1 N–H and O–H groups in total. The Morgan fingerprint density at radius 3 is 2.36 bits per heavy atom. The highest BCUT2D eigenvalue weighted by atomic mass is 35.5. The van der Waals surface area contributed by atoms with Crippen LogP contribution >= 0.6 is 12.4 Å². The van der Waals surface area contributed by atoms with Gasteiger partial charge in [0.05, 0.1) is 11.1 Å². The van der Waals surface area contributed by atoms with Crippen molar-refractivity contribution in [3.8, 4) is 0 Å². The number of benzene rings is 1. The lowest BCUT2D eigenvalue weighted by atomic mass is 10.0. The van der Waals surface area contributed by atoms with Crippen LogP contribution in [0.1, 0.15) is 28.8 Å². The Kier molecular flexibility index (Phi) is 6.19. The predicted molar refractivity (Wildman–Crippen MR) is 76.6 cm³/mol. The molecule has 1 aliphatic rings. The molecule has 0 aromatic heterocycles. The van der Waals surface area contributed by atoms with Crippen molar-refractivity contribution in [1.29, 1.82) is 0 Å². The number of rotatable bonds is 2. The maximum Gasteiger partial charge on any atom is 0.419 e. The van der Waals surface area contributed by atoms with Gasteiger partial charge >= 0.3 is 6.18 Å². The smallest absolute Gasteiger partial charge is 0.338 e. The van der Waals surface area contributed by atoms with E-state index in [0.717, 1.165) is 12.1 Å². The van der Waals surface area contributed by atoms with Gasteiger partial charge in [0.25, 0.3) is 5.91 Å². The summed E-state index contributed by atoms with van der Waals surface area (Å²) in [5.74, 6) is -2.18. The molecule has 8 heteroatoms. The molecular formula is C14H17ClF4N2O. The van der Waals surface area contributed by atoms with Crippen molar-refractivity contribution in [2.75, 3.05) is 20.1 Å². The van der Waals surface area contributed by atoms with Gasteiger partial charge in [-0.05, 0) is 32.0 Å². The van der Waals surface area contributed by atoms with Gasteiger partial charge in [0.1, 0.15) is 5.82 Å². The van der Waals surface area contributed by atoms with Crippen molar-refractivity contribution < 1.29 is 22.4 Å². The number of likely N-dealkylation sites (tertiary alicyclic amines) is 1. The SMILES string of the molecule is CNC1CCN(C(=O)c2cccc(C(F)(F)F)c2F)CC1.Cl. The molecule has 1 amide bonds. The van der Waals surface area contributed by atoms with Crippen LogP contribution in [0.4, 0.5) is 17.6 Å². The highest BCUT2D eigenvalue weighted by Gasteiger charge is 2.36. The van der Waals surface area contributed by atoms with Gasteiger partial charge in [-0.25, -0.2) is 4.39 Å². The molecule has 0 aliphatic carbocycles. The third-order valence-corrected chi connectivity index (χ3v) is 3.72. The summed E-state index contributed by atoms with van der Waals surface area (Å²) in [6.07, 6.45) is -3.41. The second-order valence-electron chi connectivity index (χ2n) is 5.02. The zero-order valence-corrected chi connectivity index (χ0v) is 12.7. The van der Waals surface area contributed by atoms with Crippen LogP contribution in [0.25, 0.3) is 0 Å². The summed E-state index contributed by atoms with van der Waals surface area (Å²) in [6.45, 7) is 0.806. The van der Waals surface area contributed by atoms with E-state index in [0.29, 0.717) is 32.0 Å². The molecule has 2 rings (SSSR count). The van der Waals surface area contributed by atoms with Gasteiger partial charge in [0.2, 0.25) is 0 Å². The minimum Gasteiger partial charge on any atom is -0.338 e. The summed E-state index contributed by atoms with van der Waals surface area (Å²) in [6, 6.07) is 3.07. The van der Waals surface area contributed by atoms with E-state index in [4.69, 9.17) is 0 Å². The molecular weight excluding hydrogens is 324 g/mol. The molecule has 124 valence electrons. The normalized spacial score (nSPS) is 16.3. The maximum atomic E-state index is 13.9. The Morgan fingerprint density at radius 1 is 1.27 bits per heavy atom. The quantitative estimate of drug-likeness (QED) is 0.839. The van der Waals surface area contributed by atoms with Crippen LogP contribution in [-0.2, 0) is 6.18 Å². The molecule has 1 fully saturated rings. The van der Waals surface area contributed by atoms with Crippen LogP contribution in [0.2, 0.25) is 0 Å². The Morgan fingerprint density at radius 2 is 1.86 bits per heavy atom. The molecule has 1 aromatic carbocycles. The van der Waals surface area contributed by atoms with E-state index in [9.17, 15) is 22.4 Å². The summed E-state index contributed by atoms with van der Waals surface area (Å²) >= 11 is 0. The molecule has 0 atom stereocenters. The third-order valence-electron chi connectivity index (χ3n) is 3.72. The van der Waals surface area contributed by atoms with Crippen LogP contribution in [0.15, 0.2) is 18.2 Å². The first-order chi connectivity index (χ1) is 9.84. The second kappa shape index (κ2) is 7.28. The molecule has 1 aromatic rings. The minimum absolute atomic E-state index is 0. The van der Waals surface area contributed by atoms with Crippen molar-refractivity contribution in [3.63, 3.8) is 0 Å². The number of nitrogens with one attached hydrogen (secondary N) is 1. The Bertz CT molecular complexity index is 528. The molecule has 0 radical (unpaired) electrons. The standard InChI is InChI=1S/C14H16F4N2O.ClH/c1-19-9-5-7-20(8-6-9)13(21)10-3-2-4-11(12(10)15)14(16,17)18;/h2-4,9,19H,5-8H2,1H3;1H. The minimum atomic E-state index is -4.81. The number of alkyl halides is 3. The van der Waals surface area contributed by atoms with E-state index in [-0.39, 0.29) is 18.4 Å². The molecule has 1 aliphatic heterocycles. The maximum absolute atomic E-state index is 13.9. The van der Waals surface area contributed by atoms with Gasteiger partial charge in [-0.2, -0.15) is 13.2 Å². The lowest BCUT2D eigenvalue weighted by Crippen LogP contribution is -2.44. The summed E-state index contributed by atoms with van der Waals surface area (Å²) in [5, 5.41) is 3.08. The molecule has 0 unspecified atom stereocenters. The molecule has 1 heterocycles. The number of halogens is 5. The largest absolute Gasteiger partial charge is 0.419 e. The molecule has 22 heavy (non-hydrogen) atoms. The van der Waals surface area contributed by atoms with Crippen molar-refractivity contribution >= 4 is 18.3 Å². The number of hydrogen-bond acceptors (Lipinski definition) is 2. The number of piperidine rings is 1. The Labute approximate surface area is 132 Å². The monoisotopic (exact) mass is 340 g/mol. The van der Waals surface area contributed by atoms with Crippen LogP contribution in [0.5, 0.6) is 0 Å². The third kappa shape index (κ3) is 3.89. The topological polar surface area (TPSA) is 32.3 Å². The molecule has 3 nitrogen and oxygen atoms in total. The fraction of sp³-hybridized carbons (Fsp3) is 0.500. The summed E-state index contributed by atoms with van der Waals surface area (Å²) < 4.78 is 51.9. The Hall–Kier alpha value is -1.34. The molecule has 1 saturated heterocycles. The number of carbonyl (C=O) groups excluding carboxylic acids is 1. The van der Waals surface area contributed by atoms with Gasteiger partial charge in [-0.3, -0.25) is 4.79 Å². The van der Waals surface area contributed by atoms with Gasteiger partial charge in [-0.15, -0.1) is 12.4 Å². The summed E-state index contributed by atoms with van der Waals surface area (Å²) in [4.78, 5) is 13.6. The summed E-state index contributed by atoms with van der Waals surface area (Å²) in [7, 11) is 1.81. The first-order valence-electron chi connectivity index (χ1n) is 6.67. The van der Waals surface area contributed by atoms with E-state index in [1.807, 2.05) is 7.05 Å². The van der Waals surface area contributed by atoms with Crippen molar-refractivity contribution in [2.24, 2.45) is 0 Å². The van der Waals surface area contributed by atoms with Gasteiger partial charge in [-0.1, -0.05) is 6.07 Å². The van der Waals surface area contributed by atoms with E-state index >= 15 is 0 Å². The fourth-order valence-electron chi connectivity index (χ4n) is 2.46. The van der Waals surface area contributed by atoms with E-state index in [1.165, 1.54) is 4.90 Å². The van der Waals surface area contributed by atoms with Crippen molar-refractivity contribution in [2.45, 2.75) is 25.1 Å². The zero-order valence-electron chi connectivity index (χ0n) is 11.9. The average Bonchev–Trinajstić information content (AvgIpc) is 2.45. The molecule has 0 spiro atoms. The van der Waals surface area contributed by atoms with Crippen LogP contribution in [-0.4, -0.2) is 37.0 Å². The molecule has 0 bridgehead atoms. The van der Waals surface area contributed by atoms with Gasteiger partial charge in [0, 0.05) is 19.1 Å². The van der Waals surface area contributed by atoms with E-state index < -0.39 is 29.0 Å². The van der Waals surface area contributed by atoms with Crippen molar-refractivity contribution in [1.82, 2.24) is 10.2 Å². The average molecular weight is 341 g/mol. The van der Waals surface area contributed by atoms with Crippen LogP contribution in [0.3, 0.4) is 0 Å². The second-order valence-corrected chi connectivity index (χ2v) is 5.02. The predicted octanol–water partition coefficient (Wildman–Crippen LogP) is 3.09. The Balaban J connectivity index is 0.00000242. The fourth-order valence-corrected chi connectivity index (χ4v) is 2.46. The number of carbonyl (C=O) groups is 1. The van der Waals surface area contributed by atoms with E-state index in [2.05, 4.69) is 5.32 Å². The lowest BCUT2D eigenvalue weighted by molar-refractivity contribution is -0.140. The van der Waals surface area contributed by atoms with Crippen LogP contribution < -0.4 is 5.32 Å². The first kappa shape index (κ1) is 18.7. The van der Waals surface area contributed by atoms with Gasteiger partial charge in [0.15, 0.2) is 0 Å². The molecule has 0 saturated carbocycles. The van der Waals surface area contributed by atoms with Crippen molar-refractivity contribution in [3.05, 3.63) is 35.1 Å². The number of nitrogens with zero attached hydrogens (tertiary/aromatic N) is 1. The number of amides is 1. The van der Waals surface area contributed by atoms with Gasteiger partial charge < -0.3 is 10.2 Å². The van der Waals surface area contributed by atoms with E-state index in [1.54, 1.807) is 0 Å².